The van der Waals surface area contributed by atoms with Crippen molar-refractivity contribution in [2.24, 2.45) is 0 Å². The fraction of sp³-hybridized carbons (Fsp3) is 0.455. The van der Waals surface area contributed by atoms with Gasteiger partial charge < -0.3 is 10.1 Å². The number of sulfonamides is 1. The molecule has 0 aromatic heterocycles. The first-order valence-corrected chi connectivity index (χ1v) is 7.48. The van der Waals surface area contributed by atoms with Crippen LogP contribution in [-0.4, -0.2) is 39.6 Å². The standard InChI is InChI=1S/C11H15N3O5S/c1-12-8-2-3-11(10(6-8)14(15)16)20(17,18)13-9-4-5-19-7-9/h2-3,6,9,12-13H,4-5,7H2,1H3. The number of ether oxygens (including phenoxy) is 1. The minimum atomic E-state index is -3.94. The summed E-state index contributed by atoms with van der Waals surface area (Å²) in [6.07, 6.45) is 0.557. The zero-order chi connectivity index (χ0) is 14.8. The molecule has 20 heavy (non-hydrogen) atoms. The van der Waals surface area contributed by atoms with E-state index in [9.17, 15) is 18.5 Å². The van der Waals surface area contributed by atoms with E-state index in [4.69, 9.17) is 4.74 Å². The Balaban J connectivity index is 2.37. The van der Waals surface area contributed by atoms with Crippen molar-refractivity contribution >= 4 is 21.4 Å². The molecule has 0 radical (unpaired) electrons. The first-order valence-electron chi connectivity index (χ1n) is 6.00. The van der Waals surface area contributed by atoms with Crippen molar-refractivity contribution in [3.63, 3.8) is 0 Å². The SMILES string of the molecule is CNc1ccc(S(=O)(=O)NC2CCOC2)c([N+](=O)[O-])c1. The van der Waals surface area contributed by atoms with Crippen LogP contribution in [0.1, 0.15) is 6.42 Å². The quantitative estimate of drug-likeness (QED) is 0.612. The maximum absolute atomic E-state index is 12.2. The van der Waals surface area contributed by atoms with Crippen LogP contribution in [-0.2, 0) is 14.8 Å². The number of hydrogen-bond donors (Lipinski definition) is 2. The molecular formula is C11H15N3O5S. The maximum Gasteiger partial charge on any atom is 0.291 e. The van der Waals surface area contributed by atoms with Crippen molar-refractivity contribution in [2.75, 3.05) is 25.6 Å². The van der Waals surface area contributed by atoms with Gasteiger partial charge in [-0.3, -0.25) is 10.1 Å². The lowest BCUT2D eigenvalue weighted by atomic mass is 10.3. The van der Waals surface area contributed by atoms with Crippen LogP contribution in [0.5, 0.6) is 0 Å². The number of hydrogen-bond acceptors (Lipinski definition) is 6. The Hall–Kier alpha value is -1.71. The predicted molar refractivity (Wildman–Crippen MR) is 72.2 cm³/mol. The minimum absolute atomic E-state index is 0.279. The summed E-state index contributed by atoms with van der Waals surface area (Å²) in [5.41, 5.74) is 0.0168. The lowest BCUT2D eigenvalue weighted by molar-refractivity contribution is -0.387. The Morgan fingerprint density at radius 3 is 2.75 bits per heavy atom. The van der Waals surface area contributed by atoms with Gasteiger partial charge in [0.25, 0.3) is 5.69 Å². The lowest BCUT2D eigenvalue weighted by Gasteiger charge is -2.12. The first kappa shape index (κ1) is 14.7. The van der Waals surface area contributed by atoms with Crippen LogP contribution in [0.4, 0.5) is 11.4 Å². The third kappa shape index (κ3) is 3.06. The van der Waals surface area contributed by atoms with Gasteiger partial charge in [-0.1, -0.05) is 0 Å². The molecule has 1 aliphatic rings. The van der Waals surface area contributed by atoms with Crippen LogP contribution in [0, 0.1) is 10.1 Å². The van der Waals surface area contributed by atoms with Gasteiger partial charge in [0, 0.05) is 31.5 Å². The molecule has 1 saturated heterocycles. The second kappa shape index (κ2) is 5.73. The van der Waals surface area contributed by atoms with Crippen LogP contribution in [0.25, 0.3) is 0 Å². The van der Waals surface area contributed by atoms with Gasteiger partial charge in [-0.15, -0.1) is 0 Å². The zero-order valence-electron chi connectivity index (χ0n) is 10.8. The van der Waals surface area contributed by atoms with Crippen LogP contribution < -0.4 is 10.0 Å². The van der Waals surface area contributed by atoms with Crippen LogP contribution in [0.3, 0.4) is 0 Å². The molecule has 1 fully saturated rings. The molecule has 110 valence electrons. The number of nitrogens with zero attached hydrogens (tertiary/aromatic N) is 1. The fourth-order valence-electron chi connectivity index (χ4n) is 1.95. The molecule has 1 aliphatic heterocycles. The summed E-state index contributed by atoms with van der Waals surface area (Å²) in [7, 11) is -2.35. The van der Waals surface area contributed by atoms with Crippen molar-refractivity contribution < 1.29 is 18.1 Å². The molecule has 2 rings (SSSR count). The van der Waals surface area contributed by atoms with E-state index in [-0.39, 0.29) is 17.5 Å². The third-order valence-corrected chi connectivity index (χ3v) is 4.55. The van der Waals surface area contributed by atoms with Gasteiger partial charge in [-0.2, -0.15) is 0 Å². The fourth-order valence-corrected chi connectivity index (χ4v) is 3.36. The second-order valence-electron chi connectivity index (χ2n) is 4.37. The third-order valence-electron chi connectivity index (χ3n) is 2.99. The molecule has 0 amide bonds. The van der Waals surface area contributed by atoms with Crippen molar-refractivity contribution in [1.29, 1.82) is 0 Å². The molecule has 1 aromatic carbocycles. The molecule has 1 aromatic rings. The highest BCUT2D eigenvalue weighted by Gasteiger charge is 2.29. The van der Waals surface area contributed by atoms with E-state index >= 15 is 0 Å². The summed E-state index contributed by atoms with van der Waals surface area (Å²) in [4.78, 5) is 9.99. The Kier molecular flexibility index (Phi) is 4.21. The number of rotatable bonds is 5. The molecule has 2 N–H and O–H groups in total. The lowest BCUT2D eigenvalue weighted by Crippen LogP contribution is -2.35. The summed E-state index contributed by atoms with van der Waals surface area (Å²) >= 11 is 0. The second-order valence-corrected chi connectivity index (χ2v) is 6.05. The van der Waals surface area contributed by atoms with Gasteiger partial charge in [-0.05, 0) is 18.6 Å². The Morgan fingerprint density at radius 1 is 1.45 bits per heavy atom. The molecule has 9 heteroatoms. The highest BCUT2D eigenvalue weighted by molar-refractivity contribution is 7.89. The van der Waals surface area contributed by atoms with Gasteiger partial charge in [0.15, 0.2) is 4.90 Å². The Bertz CT molecular complexity index is 610. The van der Waals surface area contributed by atoms with Crippen molar-refractivity contribution in [3.05, 3.63) is 28.3 Å². The van der Waals surface area contributed by atoms with E-state index < -0.39 is 20.6 Å². The van der Waals surface area contributed by atoms with Crippen molar-refractivity contribution in [1.82, 2.24) is 4.72 Å². The summed E-state index contributed by atoms with van der Waals surface area (Å²) < 4.78 is 32.0. The van der Waals surface area contributed by atoms with Crippen LogP contribution >= 0.6 is 0 Å². The summed E-state index contributed by atoms with van der Waals surface area (Å²) in [5, 5.41) is 13.8. The van der Waals surface area contributed by atoms with Gasteiger partial charge in [0.1, 0.15) is 0 Å². The molecule has 8 nitrogen and oxygen atoms in total. The smallest absolute Gasteiger partial charge is 0.291 e. The number of nitro groups is 1. The topological polar surface area (TPSA) is 111 Å². The average Bonchev–Trinajstić information content (AvgIpc) is 2.90. The molecule has 0 saturated carbocycles. The van der Waals surface area contributed by atoms with Crippen LogP contribution in [0.2, 0.25) is 0 Å². The average molecular weight is 301 g/mol. The summed E-state index contributed by atoms with van der Waals surface area (Å²) in [5.74, 6) is 0. The monoisotopic (exact) mass is 301 g/mol. The van der Waals surface area contributed by atoms with Gasteiger partial charge in [0.05, 0.1) is 11.5 Å². The minimum Gasteiger partial charge on any atom is -0.388 e. The van der Waals surface area contributed by atoms with Crippen molar-refractivity contribution in [2.45, 2.75) is 17.4 Å². The highest BCUT2D eigenvalue weighted by atomic mass is 32.2. The van der Waals surface area contributed by atoms with Crippen molar-refractivity contribution in [3.8, 4) is 0 Å². The largest absolute Gasteiger partial charge is 0.388 e. The molecule has 0 spiro atoms. The number of anilines is 1. The maximum atomic E-state index is 12.2. The van der Waals surface area contributed by atoms with E-state index in [2.05, 4.69) is 10.0 Å². The first-order chi connectivity index (χ1) is 9.44. The molecule has 1 unspecified atom stereocenters. The van der Waals surface area contributed by atoms with E-state index in [0.717, 1.165) is 0 Å². The summed E-state index contributed by atoms with van der Waals surface area (Å²) in [6, 6.07) is 3.55. The zero-order valence-corrected chi connectivity index (χ0v) is 11.6. The van der Waals surface area contributed by atoms with E-state index in [1.807, 2.05) is 0 Å². The van der Waals surface area contributed by atoms with Gasteiger partial charge in [0.2, 0.25) is 10.0 Å². The van der Waals surface area contributed by atoms with E-state index in [0.29, 0.717) is 18.7 Å². The number of nitro benzene ring substituents is 1. The highest BCUT2D eigenvalue weighted by Crippen LogP contribution is 2.27. The van der Waals surface area contributed by atoms with Gasteiger partial charge >= 0.3 is 0 Å². The van der Waals surface area contributed by atoms with Gasteiger partial charge in [-0.25, -0.2) is 13.1 Å². The molecule has 0 bridgehead atoms. The number of benzene rings is 1. The Morgan fingerprint density at radius 2 is 2.20 bits per heavy atom. The normalized spacial score (nSPS) is 18.9. The Labute approximate surface area is 116 Å². The molecular weight excluding hydrogens is 286 g/mol. The summed E-state index contributed by atoms with van der Waals surface area (Å²) in [6.45, 7) is 0.760. The number of nitrogens with one attached hydrogen (secondary N) is 2. The predicted octanol–water partition coefficient (Wildman–Crippen LogP) is 0.704. The molecule has 1 heterocycles. The van der Waals surface area contributed by atoms with E-state index in [1.54, 1.807) is 7.05 Å². The van der Waals surface area contributed by atoms with E-state index in [1.165, 1.54) is 18.2 Å². The molecule has 0 aliphatic carbocycles. The molecule has 1 atom stereocenters. The van der Waals surface area contributed by atoms with Crippen LogP contribution in [0.15, 0.2) is 23.1 Å².